The van der Waals surface area contributed by atoms with Crippen LogP contribution in [-0.4, -0.2) is 69.0 Å². The van der Waals surface area contributed by atoms with E-state index in [1.165, 1.54) is 9.87 Å². The fourth-order valence-corrected chi connectivity index (χ4v) is 5.94. The molecular weight excluding hydrogens is 438 g/mol. The first kappa shape index (κ1) is 23.9. The van der Waals surface area contributed by atoms with Gasteiger partial charge in [-0.1, -0.05) is 48.0 Å². The van der Waals surface area contributed by atoms with Crippen LogP contribution in [0.2, 0.25) is 0 Å². The first-order valence-electron chi connectivity index (χ1n) is 11.6. The molecule has 2 saturated heterocycles. The number of amides is 1. The van der Waals surface area contributed by atoms with Crippen molar-refractivity contribution in [3.05, 3.63) is 65.7 Å². The predicted molar refractivity (Wildman–Crippen MR) is 127 cm³/mol. The van der Waals surface area contributed by atoms with Crippen molar-refractivity contribution >= 4 is 15.9 Å². The Balaban J connectivity index is 1.22. The lowest BCUT2D eigenvalue weighted by Gasteiger charge is -2.34. The molecule has 2 aliphatic rings. The lowest BCUT2D eigenvalue weighted by atomic mass is 9.97. The second-order valence-electron chi connectivity index (χ2n) is 8.95. The van der Waals surface area contributed by atoms with Gasteiger partial charge in [0.2, 0.25) is 15.9 Å². The van der Waals surface area contributed by atoms with Crippen LogP contribution >= 0.6 is 0 Å². The van der Waals surface area contributed by atoms with Crippen molar-refractivity contribution in [1.82, 2.24) is 14.5 Å². The standard InChI is InChI=1S/C25H33N3O4S/c1-20-7-9-24(10-8-20)33(30,31)28-13-11-22(12-14-28)25(29)26-17-23-19-27(15-16-32-23)18-21-5-3-2-4-6-21/h2-10,22-23H,11-19H2,1H3,(H,26,29). The lowest BCUT2D eigenvalue weighted by molar-refractivity contribution is -0.127. The molecule has 1 amide bonds. The minimum atomic E-state index is -3.51. The molecule has 7 nitrogen and oxygen atoms in total. The maximum atomic E-state index is 12.9. The first-order chi connectivity index (χ1) is 15.9. The van der Waals surface area contributed by atoms with Crippen molar-refractivity contribution in [2.75, 3.05) is 39.3 Å². The molecule has 2 aromatic carbocycles. The molecule has 1 unspecified atom stereocenters. The van der Waals surface area contributed by atoms with E-state index >= 15 is 0 Å². The van der Waals surface area contributed by atoms with Gasteiger partial charge in [-0.2, -0.15) is 4.31 Å². The fraction of sp³-hybridized carbons (Fsp3) is 0.480. The second kappa shape index (κ2) is 10.8. The van der Waals surface area contributed by atoms with Gasteiger partial charge in [0.1, 0.15) is 0 Å². The van der Waals surface area contributed by atoms with Crippen molar-refractivity contribution in [1.29, 1.82) is 0 Å². The molecule has 0 spiro atoms. The summed E-state index contributed by atoms with van der Waals surface area (Å²) < 4.78 is 33.1. The number of benzene rings is 2. The van der Waals surface area contributed by atoms with Gasteiger partial charge in [-0.3, -0.25) is 9.69 Å². The van der Waals surface area contributed by atoms with Crippen LogP contribution in [0.5, 0.6) is 0 Å². The Morgan fingerprint density at radius 3 is 2.42 bits per heavy atom. The van der Waals surface area contributed by atoms with Crippen molar-refractivity contribution in [2.45, 2.75) is 37.3 Å². The molecule has 0 bridgehead atoms. The second-order valence-corrected chi connectivity index (χ2v) is 10.9. The number of aryl methyl sites for hydroxylation is 1. The van der Waals surface area contributed by atoms with Crippen LogP contribution in [0.4, 0.5) is 0 Å². The van der Waals surface area contributed by atoms with E-state index in [0.29, 0.717) is 44.0 Å². The van der Waals surface area contributed by atoms with Crippen LogP contribution in [0.3, 0.4) is 0 Å². The zero-order valence-electron chi connectivity index (χ0n) is 19.2. The fourth-order valence-electron chi connectivity index (χ4n) is 4.47. The summed E-state index contributed by atoms with van der Waals surface area (Å²) in [5.74, 6) is -0.176. The van der Waals surface area contributed by atoms with E-state index in [1.54, 1.807) is 24.3 Å². The van der Waals surface area contributed by atoms with Crippen molar-refractivity contribution in [3.63, 3.8) is 0 Å². The molecule has 2 fully saturated rings. The van der Waals surface area contributed by atoms with E-state index in [4.69, 9.17) is 4.74 Å². The maximum Gasteiger partial charge on any atom is 0.243 e. The Hall–Kier alpha value is -2.26. The van der Waals surface area contributed by atoms with Crippen molar-refractivity contribution in [3.8, 4) is 0 Å². The summed E-state index contributed by atoms with van der Waals surface area (Å²) in [6, 6.07) is 17.3. The highest BCUT2D eigenvalue weighted by Crippen LogP contribution is 2.24. The molecule has 4 rings (SSSR count). The van der Waals surface area contributed by atoms with Crippen LogP contribution in [0, 0.1) is 12.8 Å². The summed E-state index contributed by atoms with van der Waals surface area (Å²) in [5, 5.41) is 3.04. The highest BCUT2D eigenvalue weighted by Gasteiger charge is 2.32. The number of carbonyl (C=O) groups is 1. The highest BCUT2D eigenvalue weighted by atomic mass is 32.2. The zero-order valence-corrected chi connectivity index (χ0v) is 20.0. The van der Waals surface area contributed by atoms with Gasteiger partial charge in [0.25, 0.3) is 0 Å². The number of hydrogen-bond acceptors (Lipinski definition) is 5. The molecule has 0 radical (unpaired) electrons. The normalized spacial score (nSPS) is 21.1. The Bertz CT molecular complexity index is 1020. The quantitative estimate of drug-likeness (QED) is 0.671. The number of rotatable bonds is 7. The van der Waals surface area contributed by atoms with Gasteiger partial charge < -0.3 is 10.1 Å². The van der Waals surface area contributed by atoms with E-state index in [2.05, 4.69) is 22.3 Å². The van der Waals surface area contributed by atoms with Crippen LogP contribution in [-0.2, 0) is 26.1 Å². The number of hydrogen-bond donors (Lipinski definition) is 1. The van der Waals surface area contributed by atoms with Crippen molar-refractivity contribution < 1.29 is 17.9 Å². The molecule has 1 atom stereocenters. The van der Waals surface area contributed by atoms with Crippen LogP contribution < -0.4 is 5.32 Å². The molecule has 178 valence electrons. The van der Waals surface area contributed by atoms with Gasteiger partial charge in [0.05, 0.1) is 17.6 Å². The summed E-state index contributed by atoms with van der Waals surface area (Å²) >= 11 is 0. The average molecular weight is 472 g/mol. The average Bonchev–Trinajstić information content (AvgIpc) is 2.84. The molecule has 0 aliphatic carbocycles. The molecule has 2 aromatic rings. The molecule has 0 aromatic heterocycles. The van der Waals surface area contributed by atoms with Gasteiger partial charge in [-0.05, 0) is 37.5 Å². The molecular formula is C25H33N3O4S. The largest absolute Gasteiger partial charge is 0.374 e. The summed E-state index contributed by atoms with van der Waals surface area (Å²) in [7, 11) is -3.51. The number of morpholine rings is 1. The van der Waals surface area contributed by atoms with Crippen LogP contribution in [0.25, 0.3) is 0 Å². The van der Waals surface area contributed by atoms with E-state index < -0.39 is 10.0 Å². The Morgan fingerprint density at radius 1 is 1.03 bits per heavy atom. The lowest BCUT2D eigenvalue weighted by Crippen LogP contribution is -2.49. The van der Waals surface area contributed by atoms with Gasteiger partial charge in [0.15, 0.2) is 0 Å². The molecule has 2 aliphatic heterocycles. The Labute approximate surface area is 196 Å². The number of nitrogens with zero attached hydrogens (tertiary/aromatic N) is 2. The molecule has 2 heterocycles. The van der Waals surface area contributed by atoms with E-state index in [0.717, 1.165) is 25.2 Å². The van der Waals surface area contributed by atoms with E-state index in [1.807, 2.05) is 25.1 Å². The van der Waals surface area contributed by atoms with Crippen molar-refractivity contribution in [2.24, 2.45) is 5.92 Å². The molecule has 1 N–H and O–H groups in total. The summed E-state index contributed by atoms with van der Waals surface area (Å²) in [6.07, 6.45) is 1.03. The van der Waals surface area contributed by atoms with E-state index in [9.17, 15) is 13.2 Å². The maximum absolute atomic E-state index is 12.9. The van der Waals surface area contributed by atoms with E-state index in [-0.39, 0.29) is 17.9 Å². The minimum Gasteiger partial charge on any atom is -0.374 e. The number of nitrogens with one attached hydrogen (secondary N) is 1. The smallest absolute Gasteiger partial charge is 0.243 e. The minimum absolute atomic E-state index is 0.00818. The van der Waals surface area contributed by atoms with Gasteiger partial charge >= 0.3 is 0 Å². The highest BCUT2D eigenvalue weighted by molar-refractivity contribution is 7.89. The number of piperidine rings is 1. The van der Waals surface area contributed by atoms with Crippen LogP contribution in [0.1, 0.15) is 24.0 Å². The number of ether oxygens (including phenoxy) is 1. The van der Waals surface area contributed by atoms with Gasteiger partial charge in [-0.15, -0.1) is 0 Å². The van der Waals surface area contributed by atoms with Gasteiger partial charge in [-0.25, -0.2) is 8.42 Å². The van der Waals surface area contributed by atoms with Gasteiger partial charge in [0, 0.05) is 45.2 Å². The number of sulfonamides is 1. The monoisotopic (exact) mass is 471 g/mol. The topological polar surface area (TPSA) is 79.0 Å². The predicted octanol–water partition coefficient (Wildman–Crippen LogP) is 2.41. The third-order valence-corrected chi connectivity index (χ3v) is 8.37. The molecule has 0 saturated carbocycles. The summed E-state index contributed by atoms with van der Waals surface area (Å²) in [5.41, 5.74) is 2.30. The molecule has 8 heteroatoms. The molecule has 33 heavy (non-hydrogen) atoms. The zero-order chi connectivity index (χ0) is 23.3. The Kier molecular flexibility index (Phi) is 7.80. The first-order valence-corrected chi connectivity index (χ1v) is 13.1. The summed E-state index contributed by atoms with van der Waals surface area (Å²) in [6.45, 7) is 6.32. The summed E-state index contributed by atoms with van der Waals surface area (Å²) in [4.78, 5) is 15.4. The Morgan fingerprint density at radius 2 is 1.73 bits per heavy atom. The third kappa shape index (κ3) is 6.20. The SMILES string of the molecule is Cc1ccc(S(=O)(=O)N2CCC(C(=O)NCC3CN(Cc4ccccc4)CCO3)CC2)cc1. The van der Waals surface area contributed by atoms with Crippen LogP contribution in [0.15, 0.2) is 59.5 Å². The number of carbonyl (C=O) groups excluding carboxylic acids is 1. The third-order valence-electron chi connectivity index (χ3n) is 6.46.